The SMILES string of the molecule is O[C@@H]1[C@@H](CF)O[C@@](O)(CF)[C@H]1O. The molecule has 1 fully saturated rings. The quantitative estimate of drug-likeness (QED) is 0.500. The third kappa shape index (κ3) is 1.31. The van der Waals surface area contributed by atoms with E-state index >= 15 is 0 Å². The van der Waals surface area contributed by atoms with Gasteiger partial charge >= 0.3 is 0 Å². The van der Waals surface area contributed by atoms with Crippen molar-refractivity contribution in [2.75, 3.05) is 13.3 Å². The molecule has 0 aromatic rings. The molecule has 0 amide bonds. The fourth-order valence-corrected chi connectivity index (χ4v) is 1.11. The lowest BCUT2D eigenvalue weighted by atomic mass is 10.1. The van der Waals surface area contributed by atoms with Crippen molar-refractivity contribution in [3.8, 4) is 0 Å². The van der Waals surface area contributed by atoms with E-state index in [0.29, 0.717) is 0 Å². The van der Waals surface area contributed by atoms with Gasteiger partial charge < -0.3 is 20.1 Å². The van der Waals surface area contributed by atoms with E-state index in [2.05, 4.69) is 4.74 Å². The Kier molecular flexibility index (Phi) is 2.62. The highest BCUT2D eigenvalue weighted by atomic mass is 19.1. The minimum Gasteiger partial charge on any atom is -0.387 e. The Bertz CT molecular complexity index is 168. The van der Waals surface area contributed by atoms with Crippen LogP contribution in [-0.2, 0) is 4.74 Å². The molecule has 12 heavy (non-hydrogen) atoms. The van der Waals surface area contributed by atoms with E-state index in [4.69, 9.17) is 15.3 Å². The van der Waals surface area contributed by atoms with Gasteiger partial charge in [-0.25, -0.2) is 8.78 Å². The summed E-state index contributed by atoms with van der Waals surface area (Å²) in [6.07, 6.45) is -4.75. The summed E-state index contributed by atoms with van der Waals surface area (Å²) >= 11 is 0. The number of hydrogen-bond acceptors (Lipinski definition) is 4. The molecule has 1 aliphatic heterocycles. The van der Waals surface area contributed by atoms with Gasteiger partial charge in [-0.2, -0.15) is 0 Å². The Morgan fingerprint density at radius 1 is 1.33 bits per heavy atom. The maximum Gasteiger partial charge on any atom is 0.224 e. The third-order valence-electron chi connectivity index (χ3n) is 1.87. The molecule has 1 saturated heterocycles. The van der Waals surface area contributed by atoms with E-state index in [1.165, 1.54) is 0 Å². The molecule has 72 valence electrons. The molecule has 0 spiro atoms. The molecule has 6 heteroatoms. The summed E-state index contributed by atoms with van der Waals surface area (Å²) in [5, 5.41) is 27.0. The highest BCUT2D eigenvalue weighted by Gasteiger charge is 2.53. The number of ether oxygens (including phenoxy) is 1. The van der Waals surface area contributed by atoms with Crippen LogP contribution in [0.25, 0.3) is 0 Å². The minimum atomic E-state index is -2.46. The smallest absolute Gasteiger partial charge is 0.224 e. The molecule has 1 aliphatic rings. The average Bonchev–Trinajstić information content (AvgIpc) is 2.31. The van der Waals surface area contributed by atoms with Crippen molar-refractivity contribution < 1.29 is 28.8 Å². The highest BCUT2D eigenvalue weighted by Crippen LogP contribution is 2.29. The van der Waals surface area contributed by atoms with E-state index in [1.807, 2.05) is 0 Å². The first-order valence-electron chi connectivity index (χ1n) is 3.43. The van der Waals surface area contributed by atoms with Crippen molar-refractivity contribution in [3.05, 3.63) is 0 Å². The lowest BCUT2D eigenvalue weighted by Crippen LogP contribution is -2.44. The molecule has 1 rings (SSSR count). The van der Waals surface area contributed by atoms with Crippen LogP contribution in [0.4, 0.5) is 8.78 Å². The second-order valence-corrected chi connectivity index (χ2v) is 2.72. The molecule has 0 aromatic heterocycles. The maximum atomic E-state index is 12.0. The van der Waals surface area contributed by atoms with Crippen molar-refractivity contribution >= 4 is 0 Å². The van der Waals surface area contributed by atoms with Crippen molar-refractivity contribution in [1.29, 1.82) is 0 Å². The van der Waals surface area contributed by atoms with Crippen LogP contribution in [0.15, 0.2) is 0 Å². The van der Waals surface area contributed by atoms with Gasteiger partial charge in [-0.05, 0) is 0 Å². The van der Waals surface area contributed by atoms with Crippen LogP contribution in [-0.4, -0.2) is 52.8 Å². The zero-order chi connectivity index (χ0) is 9.35. The Hall–Kier alpha value is -0.300. The van der Waals surface area contributed by atoms with Crippen LogP contribution in [0.5, 0.6) is 0 Å². The zero-order valence-electron chi connectivity index (χ0n) is 6.15. The molecular weight excluding hydrogens is 174 g/mol. The van der Waals surface area contributed by atoms with Gasteiger partial charge in [0.2, 0.25) is 5.79 Å². The number of aliphatic hydroxyl groups is 3. The highest BCUT2D eigenvalue weighted by molar-refractivity contribution is 4.94. The van der Waals surface area contributed by atoms with Crippen LogP contribution in [0.2, 0.25) is 0 Å². The Labute approximate surface area is 67.4 Å². The van der Waals surface area contributed by atoms with E-state index in [1.54, 1.807) is 0 Å². The van der Waals surface area contributed by atoms with E-state index in [0.717, 1.165) is 0 Å². The van der Waals surface area contributed by atoms with Crippen LogP contribution >= 0.6 is 0 Å². The van der Waals surface area contributed by atoms with Crippen molar-refractivity contribution in [3.63, 3.8) is 0 Å². The molecule has 3 N–H and O–H groups in total. The predicted octanol–water partition coefficient (Wildman–Crippen LogP) is -1.27. The standard InChI is InChI=1S/C6H10F2O4/c7-1-3-4(9)5(10)6(11,2-8)12-3/h3-5,9-11H,1-2H2/t3-,4-,5+,6+/m1/s1. The second-order valence-electron chi connectivity index (χ2n) is 2.72. The first-order valence-corrected chi connectivity index (χ1v) is 3.43. The van der Waals surface area contributed by atoms with E-state index in [-0.39, 0.29) is 0 Å². The first-order chi connectivity index (χ1) is 5.55. The molecule has 0 aliphatic carbocycles. The normalized spacial score (nSPS) is 48.2. The Balaban J connectivity index is 2.72. The molecule has 4 atom stereocenters. The van der Waals surface area contributed by atoms with Gasteiger partial charge in [-0.15, -0.1) is 0 Å². The second kappa shape index (κ2) is 3.21. The van der Waals surface area contributed by atoms with E-state index < -0.39 is 37.4 Å². The van der Waals surface area contributed by atoms with Gasteiger partial charge in [0, 0.05) is 0 Å². The average molecular weight is 184 g/mol. The van der Waals surface area contributed by atoms with Crippen molar-refractivity contribution in [2.45, 2.75) is 24.1 Å². The van der Waals surface area contributed by atoms with Gasteiger partial charge in [-0.1, -0.05) is 0 Å². The summed E-state index contributed by atoms with van der Waals surface area (Å²) in [6, 6.07) is 0. The van der Waals surface area contributed by atoms with Gasteiger partial charge in [0.05, 0.1) is 0 Å². The fraction of sp³-hybridized carbons (Fsp3) is 1.00. The van der Waals surface area contributed by atoms with Crippen LogP contribution in [0.3, 0.4) is 0 Å². The van der Waals surface area contributed by atoms with Gasteiger partial charge in [0.25, 0.3) is 0 Å². The summed E-state index contributed by atoms with van der Waals surface area (Å²) in [5.41, 5.74) is 0. The van der Waals surface area contributed by atoms with Crippen molar-refractivity contribution in [2.24, 2.45) is 0 Å². The lowest BCUT2D eigenvalue weighted by molar-refractivity contribution is -0.236. The largest absolute Gasteiger partial charge is 0.387 e. The lowest BCUT2D eigenvalue weighted by Gasteiger charge is -2.21. The van der Waals surface area contributed by atoms with E-state index in [9.17, 15) is 8.78 Å². The number of rotatable bonds is 2. The van der Waals surface area contributed by atoms with Crippen molar-refractivity contribution in [1.82, 2.24) is 0 Å². The van der Waals surface area contributed by atoms with Gasteiger partial charge in [-0.3, -0.25) is 0 Å². The van der Waals surface area contributed by atoms with Crippen LogP contribution in [0, 0.1) is 0 Å². The third-order valence-corrected chi connectivity index (χ3v) is 1.87. The summed E-state index contributed by atoms with van der Waals surface area (Å²) in [7, 11) is 0. The molecule has 0 aromatic carbocycles. The molecule has 0 saturated carbocycles. The summed E-state index contributed by atoms with van der Waals surface area (Å²) < 4.78 is 28.4. The molecule has 0 radical (unpaired) electrons. The molecule has 0 bridgehead atoms. The fourth-order valence-electron chi connectivity index (χ4n) is 1.11. The topological polar surface area (TPSA) is 69.9 Å². The zero-order valence-corrected chi connectivity index (χ0v) is 6.15. The Morgan fingerprint density at radius 2 is 1.92 bits per heavy atom. The van der Waals surface area contributed by atoms with Gasteiger partial charge in [0.1, 0.15) is 31.7 Å². The number of alkyl halides is 2. The Morgan fingerprint density at radius 3 is 2.17 bits per heavy atom. The van der Waals surface area contributed by atoms with Crippen LogP contribution in [0.1, 0.15) is 0 Å². The minimum absolute atomic E-state index is 1.08. The molecule has 0 unspecified atom stereocenters. The molecule has 4 nitrogen and oxygen atoms in total. The first kappa shape index (κ1) is 9.79. The summed E-state index contributed by atoms with van der Waals surface area (Å²) in [5.74, 6) is -2.46. The predicted molar refractivity (Wildman–Crippen MR) is 33.8 cm³/mol. The molecule has 1 heterocycles. The van der Waals surface area contributed by atoms with Crippen LogP contribution < -0.4 is 0 Å². The summed E-state index contributed by atoms with van der Waals surface area (Å²) in [4.78, 5) is 0. The maximum absolute atomic E-state index is 12.0. The number of hydrogen-bond donors (Lipinski definition) is 3. The number of halogens is 2. The van der Waals surface area contributed by atoms with Gasteiger partial charge in [0.15, 0.2) is 0 Å². The molecular formula is C6H10F2O4. The monoisotopic (exact) mass is 184 g/mol. The number of aliphatic hydroxyl groups excluding tert-OH is 2. The summed E-state index contributed by atoms with van der Waals surface area (Å²) in [6.45, 7) is -2.47.